The fourth-order valence-corrected chi connectivity index (χ4v) is 5.45. The second-order valence-electron chi connectivity index (χ2n) is 10.6. The summed E-state index contributed by atoms with van der Waals surface area (Å²) in [6.45, 7) is 1.74. The maximum Gasteiger partial charge on any atom is 0.244 e. The standard InChI is InChI=1S/C30H27FN10O/c1-40-7-5-17(6-8-40)30(42)41(32)22-10-19(12-33-14-22)20-11-23-27(38-39-28(23)35-13-20)29-36-25-16-34-15-24(26(25)37-29)18-3-2-4-21(31)9-18/h2-4,9-17H,5-8,32H2,1H3,(H,36,37)(H,35,38,39). The van der Waals surface area contributed by atoms with Crippen molar-refractivity contribution in [2.24, 2.45) is 11.8 Å². The van der Waals surface area contributed by atoms with Crippen LogP contribution < -0.4 is 10.9 Å². The van der Waals surface area contributed by atoms with Gasteiger partial charge >= 0.3 is 0 Å². The number of aromatic nitrogens is 7. The molecule has 0 atom stereocenters. The molecule has 42 heavy (non-hydrogen) atoms. The molecular formula is C30H27FN10O. The number of halogens is 1. The van der Waals surface area contributed by atoms with Crippen molar-refractivity contribution >= 4 is 33.7 Å². The minimum Gasteiger partial charge on any atom is -0.335 e. The lowest BCUT2D eigenvalue weighted by molar-refractivity contribution is -0.123. The first-order chi connectivity index (χ1) is 20.4. The molecule has 0 bridgehead atoms. The minimum absolute atomic E-state index is 0.107. The van der Waals surface area contributed by atoms with Gasteiger partial charge in [0, 0.05) is 41.2 Å². The van der Waals surface area contributed by atoms with Crippen LogP contribution in [0.5, 0.6) is 0 Å². The number of hydrazine groups is 1. The molecule has 1 saturated heterocycles. The fraction of sp³-hybridized carbons (Fsp3) is 0.200. The van der Waals surface area contributed by atoms with Crippen molar-refractivity contribution in [2.75, 3.05) is 25.1 Å². The van der Waals surface area contributed by atoms with E-state index in [1.165, 1.54) is 17.1 Å². The van der Waals surface area contributed by atoms with Gasteiger partial charge in [0.25, 0.3) is 0 Å². The van der Waals surface area contributed by atoms with E-state index >= 15 is 0 Å². The summed E-state index contributed by atoms with van der Waals surface area (Å²) in [6.07, 6.45) is 9.92. The van der Waals surface area contributed by atoms with Crippen molar-refractivity contribution in [2.45, 2.75) is 12.8 Å². The first-order valence-corrected chi connectivity index (χ1v) is 13.6. The Balaban J connectivity index is 1.22. The van der Waals surface area contributed by atoms with Gasteiger partial charge in [-0.3, -0.25) is 19.9 Å². The van der Waals surface area contributed by atoms with Crippen LogP contribution in [0.1, 0.15) is 12.8 Å². The maximum absolute atomic E-state index is 13.9. The van der Waals surface area contributed by atoms with Crippen molar-refractivity contribution in [3.8, 4) is 33.8 Å². The number of imidazole rings is 1. The van der Waals surface area contributed by atoms with Crippen molar-refractivity contribution in [1.29, 1.82) is 0 Å². The largest absolute Gasteiger partial charge is 0.335 e. The molecule has 1 aliphatic rings. The molecule has 1 aromatic carbocycles. The van der Waals surface area contributed by atoms with E-state index < -0.39 is 0 Å². The third-order valence-corrected chi connectivity index (χ3v) is 7.81. The van der Waals surface area contributed by atoms with Crippen LogP contribution in [-0.2, 0) is 4.79 Å². The summed E-state index contributed by atoms with van der Waals surface area (Å²) < 4.78 is 13.9. The number of aromatic amines is 2. The van der Waals surface area contributed by atoms with Gasteiger partial charge in [-0.25, -0.2) is 25.2 Å². The lowest BCUT2D eigenvalue weighted by Gasteiger charge is -2.30. The SMILES string of the molecule is CN1CCC(C(=O)N(N)c2cncc(-c3cnc4[nH]nc(-c5nc6c(-c7cccc(F)c7)cncc6[nH]5)c4c3)c2)CC1. The van der Waals surface area contributed by atoms with Gasteiger partial charge < -0.3 is 9.88 Å². The highest BCUT2D eigenvalue weighted by Gasteiger charge is 2.27. The van der Waals surface area contributed by atoms with Gasteiger partial charge in [-0.05, 0) is 62.8 Å². The minimum atomic E-state index is -0.334. The number of likely N-dealkylation sites (tertiary alicyclic amines) is 1. The molecule has 0 radical (unpaired) electrons. The van der Waals surface area contributed by atoms with Crippen LogP contribution >= 0.6 is 0 Å². The van der Waals surface area contributed by atoms with Gasteiger partial charge in [-0.15, -0.1) is 0 Å². The number of nitrogens with one attached hydrogen (secondary N) is 2. The normalized spacial score (nSPS) is 14.5. The zero-order chi connectivity index (χ0) is 28.8. The number of rotatable bonds is 5. The molecule has 0 spiro atoms. The van der Waals surface area contributed by atoms with Crippen molar-refractivity contribution in [3.05, 3.63) is 73.2 Å². The molecule has 11 nitrogen and oxygen atoms in total. The van der Waals surface area contributed by atoms with E-state index in [-0.39, 0.29) is 17.6 Å². The molecule has 0 unspecified atom stereocenters. The topological polar surface area (TPSA) is 146 Å². The number of amides is 1. The highest BCUT2D eigenvalue weighted by atomic mass is 19.1. The number of hydrogen-bond donors (Lipinski definition) is 3. The van der Waals surface area contributed by atoms with Gasteiger partial charge in [0.1, 0.15) is 11.5 Å². The monoisotopic (exact) mass is 562 g/mol. The second kappa shape index (κ2) is 10.4. The Bertz CT molecular complexity index is 1940. The third-order valence-electron chi connectivity index (χ3n) is 7.81. The van der Waals surface area contributed by atoms with E-state index in [0.717, 1.165) is 42.4 Å². The number of anilines is 1. The number of carbonyl (C=O) groups excluding carboxylic acids is 1. The molecule has 6 aromatic rings. The highest BCUT2D eigenvalue weighted by molar-refractivity contribution is 5.97. The zero-order valence-corrected chi connectivity index (χ0v) is 22.8. The summed E-state index contributed by atoms with van der Waals surface area (Å²) >= 11 is 0. The predicted molar refractivity (Wildman–Crippen MR) is 157 cm³/mol. The molecular weight excluding hydrogens is 535 g/mol. The molecule has 6 heterocycles. The summed E-state index contributed by atoms with van der Waals surface area (Å²) in [5.74, 6) is 6.25. The van der Waals surface area contributed by atoms with Crippen LogP contribution in [0.2, 0.25) is 0 Å². The Hall–Kier alpha value is -5.07. The third kappa shape index (κ3) is 4.66. The van der Waals surface area contributed by atoms with Crippen LogP contribution in [0.15, 0.2) is 67.4 Å². The van der Waals surface area contributed by atoms with Gasteiger partial charge in [-0.1, -0.05) is 12.1 Å². The number of nitrogens with two attached hydrogens (primary N) is 1. The molecule has 1 fully saturated rings. The molecule has 4 N–H and O–H groups in total. The first kappa shape index (κ1) is 25.9. The smallest absolute Gasteiger partial charge is 0.244 e. The predicted octanol–water partition coefficient (Wildman–Crippen LogP) is 4.31. The average molecular weight is 563 g/mol. The van der Waals surface area contributed by atoms with Gasteiger partial charge in [0.2, 0.25) is 5.91 Å². The number of nitrogens with zero attached hydrogens (tertiary/aromatic N) is 7. The summed E-state index contributed by atoms with van der Waals surface area (Å²) in [4.78, 5) is 36.7. The number of carbonyl (C=O) groups is 1. The van der Waals surface area contributed by atoms with Crippen LogP contribution in [0.4, 0.5) is 10.1 Å². The van der Waals surface area contributed by atoms with E-state index in [1.807, 2.05) is 18.2 Å². The molecule has 5 aromatic heterocycles. The van der Waals surface area contributed by atoms with Crippen LogP contribution in [0.3, 0.4) is 0 Å². The zero-order valence-electron chi connectivity index (χ0n) is 22.8. The molecule has 1 amide bonds. The van der Waals surface area contributed by atoms with Crippen LogP contribution in [0, 0.1) is 11.7 Å². The van der Waals surface area contributed by atoms with E-state index in [2.05, 4.69) is 42.1 Å². The Morgan fingerprint density at radius 2 is 1.83 bits per heavy atom. The lowest BCUT2D eigenvalue weighted by atomic mass is 9.96. The van der Waals surface area contributed by atoms with Crippen molar-refractivity contribution < 1.29 is 9.18 Å². The molecule has 12 heteroatoms. The Kier molecular flexibility index (Phi) is 6.40. The Morgan fingerprint density at radius 1 is 1.02 bits per heavy atom. The fourth-order valence-electron chi connectivity index (χ4n) is 5.45. The second-order valence-corrected chi connectivity index (χ2v) is 10.6. The molecule has 0 saturated carbocycles. The quantitative estimate of drug-likeness (QED) is 0.160. The summed E-state index contributed by atoms with van der Waals surface area (Å²) in [6, 6.07) is 10.1. The Morgan fingerprint density at radius 3 is 2.67 bits per heavy atom. The van der Waals surface area contributed by atoms with Crippen molar-refractivity contribution in [1.82, 2.24) is 40.0 Å². The van der Waals surface area contributed by atoms with E-state index in [0.29, 0.717) is 45.0 Å². The molecule has 7 rings (SSSR count). The van der Waals surface area contributed by atoms with Gasteiger partial charge in [0.15, 0.2) is 11.5 Å². The summed E-state index contributed by atoms with van der Waals surface area (Å²) in [7, 11) is 2.06. The van der Waals surface area contributed by atoms with Crippen LogP contribution in [0.25, 0.3) is 55.8 Å². The number of benzene rings is 1. The number of H-pyrrole nitrogens is 2. The van der Waals surface area contributed by atoms with E-state index in [4.69, 9.17) is 10.8 Å². The van der Waals surface area contributed by atoms with Crippen LogP contribution in [-0.4, -0.2) is 66.1 Å². The van der Waals surface area contributed by atoms with E-state index in [1.54, 1.807) is 37.1 Å². The van der Waals surface area contributed by atoms with Crippen molar-refractivity contribution in [3.63, 3.8) is 0 Å². The number of fused-ring (bicyclic) bond motifs is 2. The number of hydrogen-bond acceptors (Lipinski definition) is 8. The number of piperidine rings is 1. The number of pyridine rings is 3. The van der Waals surface area contributed by atoms with Gasteiger partial charge in [0.05, 0.1) is 34.5 Å². The van der Waals surface area contributed by atoms with Gasteiger partial charge in [-0.2, -0.15) is 5.10 Å². The maximum atomic E-state index is 13.9. The van der Waals surface area contributed by atoms with E-state index in [9.17, 15) is 9.18 Å². The summed E-state index contributed by atoms with van der Waals surface area (Å²) in [5, 5.41) is 9.40. The Labute approximate surface area is 239 Å². The molecule has 1 aliphatic heterocycles. The highest BCUT2D eigenvalue weighted by Crippen LogP contribution is 2.33. The lowest BCUT2D eigenvalue weighted by Crippen LogP contribution is -2.45. The molecule has 210 valence electrons. The summed E-state index contributed by atoms with van der Waals surface area (Å²) in [5.41, 5.74) is 5.93. The average Bonchev–Trinajstić information content (AvgIpc) is 3.64. The first-order valence-electron chi connectivity index (χ1n) is 13.6. The molecule has 0 aliphatic carbocycles.